The molecule has 1 saturated heterocycles. The molecule has 130 valence electrons. The predicted molar refractivity (Wildman–Crippen MR) is 96.2 cm³/mol. The van der Waals surface area contributed by atoms with Crippen LogP contribution in [0.1, 0.15) is 39.2 Å². The molecule has 2 heterocycles. The summed E-state index contributed by atoms with van der Waals surface area (Å²) in [7, 11) is 0. The van der Waals surface area contributed by atoms with Crippen molar-refractivity contribution in [2.24, 2.45) is 5.92 Å². The third-order valence-electron chi connectivity index (χ3n) is 5.20. The number of hydrogen-bond donors (Lipinski definition) is 1. The van der Waals surface area contributed by atoms with E-state index < -0.39 is 0 Å². The van der Waals surface area contributed by atoms with Crippen LogP contribution in [0.5, 0.6) is 0 Å². The topological polar surface area (TPSA) is 52.7 Å². The Morgan fingerprint density at radius 1 is 1.21 bits per heavy atom. The predicted octanol–water partition coefficient (Wildman–Crippen LogP) is 2.65. The van der Waals surface area contributed by atoms with Crippen LogP contribution < -0.4 is 10.2 Å². The highest BCUT2D eigenvalue weighted by Gasteiger charge is 2.25. The summed E-state index contributed by atoms with van der Waals surface area (Å²) in [5, 5.41) is 3.33. The van der Waals surface area contributed by atoms with Gasteiger partial charge in [-0.1, -0.05) is 6.92 Å². The molecule has 2 aliphatic rings. The fourth-order valence-electron chi connectivity index (χ4n) is 3.63. The molecule has 0 radical (unpaired) electrons. The summed E-state index contributed by atoms with van der Waals surface area (Å²) >= 11 is 0. The van der Waals surface area contributed by atoms with E-state index in [1.807, 2.05) is 28.9 Å². The van der Waals surface area contributed by atoms with Gasteiger partial charge >= 0.3 is 0 Å². The Kier molecular flexibility index (Phi) is 4.78. The number of nitrogens with one attached hydrogen (secondary N) is 1. The lowest BCUT2D eigenvalue weighted by atomic mass is 9.99. The Labute approximate surface area is 144 Å². The summed E-state index contributed by atoms with van der Waals surface area (Å²) in [6.45, 7) is 8.25. The van der Waals surface area contributed by atoms with Crippen LogP contribution in [-0.4, -0.2) is 42.4 Å². The highest BCUT2D eigenvalue weighted by molar-refractivity contribution is 5.94. The van der Waals surface area contributed by atoms with Gasteiger partial charge in [-0.05, 0) is 55.9 Å². The highest BCUT2D eigenvalue weighted by atomic mass is 16.2. The summed E-state index contributed by atoms with van der Waals surface area (Å²) in [5.41, 5.74) is 3.11. The SMILES string of the molecule is CC(=O)N1CCc2cc(N[C@H](C)C(=O)N3CCC(C)CC3)ccc21. The Hall–Kier alpha value is -2.04. The molecular formula is C19H27N3O2. The smallest absolute Gasteiger partial charge is 0.244 e. The Morgan fingerprint density at radius 3 is 2.58 bits per heavy atom. The molecular weight excluding hydrogens is 302 g/mol. The summed E-state index contributed by atoms with van der Waals surface area (Å²) in [6, 6.07) is 5.77. The minimum absolute atomic E-state index is 0.0809. The van der Waals surface area contributed by atoms with Gasteiger partial charge in [-0.3, -0.25) is 9.59 Å². The molecule has 1 atom stereocenters. The van der Waals surface area contributed by atoms with Crippen LogP contribution in [0.4, 0.5) is 11.4 Å². The van der Waals surface area contributed by atoms with E-state index in [1.54, 1.807) is 6.92 Å². The minimum Gasteiger partial charge on any atom is -0.374 e. The van der Waals surface area contributed by atoms with Crippen LogP contribution in [-0.2, 0) is 16.0 Å². The van der Waals surface area contributed by atoms with E-state index in [1.165, 1.54) is 5.56 Å². The van der Waals surface area contributed by atoms with E-state index in [9.17, 15) is 9.59 Å². The first-order chi connectivity index (χ1) is 11.5. The molecule has 5 nitrogen and oxygen atoms in total. The number of anilines is 2. The number of benzene rings is 1. The van der Waals surface area contributed by atoms with Gasteiger partial charge in [0.2, 0.25) is 11.8 Å². The number of carbonyl (C=O) groups excluding carboxylic acids is 2. The first-order valence-corrected chi connectivity index (χ1v) is 8.92. The number of fused-ring (bicyclic) bond motifs is 1. The largest absolute Gasteiger partial charge is 0.374 e. The van der Waals surface area contributed by atoms with Crippen LogP contribution >= 0.6 is 0 Å². The molecule has 2 aliphatic heterocycles. The molecule has 0 spiro atoms. The zero-order valence-corrected chi connectivity index (χ0v) is 14.8. The number of hydrogen-bond acceptors (Lipinski definition) is 3. The third-order valence-corrected chi connectivity index (χ3v) is 5.20. The fourth-order valence-corrected chi connectivity index (χ4v) is 3.63. The van der Waals surface area contributed by atoms with Crippen molar-refractivity contribution in [2.45, 2.75) is 46.1 Å². The van der Waals surface area contributed by atoms with E-state index in [0.717, 1.165) is 56.2 Å². The van der Waals surface area contributed by atoms with E-state index in [-0.39, 0.29) is 17.9 Å². The molecule has 5 heteroatoms. The first-order valence-electron chi connectivity index (χ1n) is 8.92. The number of carbonyl (C=O) groups is 2. The molecule has 0 bridgehead atoms. The average molecular weight is 329 g/mol. The van der Waals surface area contributed by atoms with Crippen LogP contribution in [0.3, 0.4) is 0 Å². The summed E-state index contributed by atoms with van der Waals surface area (Å²) < 4.78 is 0. The van der Waals surface area contributed by atoms with Crippen molar-refractivity contribution in [3.05, 3.63) is 23.8 Å². The zero-order chi connectivity index (χ0) is 17.3. The van der Waals surface area contributed by atoms with Gasteiger partial charge in [-0.15, -0.1) is 0 Å². The molecule has 0 aliphatic carbocycles. The van der Waals surface area contributed by atoms with Crippen molar-refractivity contribution < 1.29 is 9.59 Å². The molecule has 0 saturated carbocycles. The molecule has 1 aromatic rings. The monoisotopic (exact) mass is 329 g/mol. The van der Waals surface area contributed by atoms with Gasteiger partial charge in [0.25, 0.3) is 0 Å². The van der Waals surface area contributed by atoms with Gasteiger partial charge < -0.3 is 15.1 Å². The van der Waals surface area contributed by atoms with Gasteiger partial charge in [0.15, 0.2) is 0 Å². The van der Waals surface area contributed by atoms with E-state index >= 15 is 0 Å². The standard InChI is InChI=1S/C19H27N3O2/c1-13-6-9-21(10-7-13)19(24)14(2)20-17-4-5-18-16(12-17)8-11-22(18)15(3)23/h4-5,12-14,20H,6-11H2,1-3H3/t14-/m1/s1. The van der Waals surface area contributed by atoms with Crippen LogP contribution in [0.2, 0.25) is 0 Å². The van der Waals surface area contributed by atoms with Gasteiger partial charge in [0.05, 0.1) is 0 Å². The van der Waals surface area contributed by atoms with E-state index in [2.05, 4.69) is 18.3 Å². The van der Waals surface area contributed by atoms with Crippen LogP contribution in [0.15, 0.2) is 18.2 Å². The quantitative estimate of drug-likeness (QED) is 0.927. The molecule has 0 unspecified atom stereocenters. The van der Waals surface area contributed by atoms with Crippen LogP contribution in [0.25, 0.3) is 0 Å². The number of nitrogens with zero attached hydrogens (tertiary/aromatic N) is 2. The van der Waals surface area contributed by atoms with Crippen molar-refractivity contribution in [3.8, 4) is 0 Å². The molecule has 1 N–H and O–H groups in total. The van der Waals surface area contributed by atoms with Gasteiger partial charge in [0.1, 0.15) is 6.04 Å². The molecule has 1 fully saturated rings. The van der Waals surface area contributed by atoms with Crippen molar-refractivity contribution in [2.75, 3.05) is 29.9 Å². The summed E-state index contributed by atoms with van der Waals surface area (Å²) in [6.07, 6.45) is 3.06. The zero-order valence-electron chi connectivity index (χ0n) is 14.8. The Bertz CT molecular complexity index is 635. The number of amides is 2. The molecule has 2 amide bonds. The lowest BCUT2D eigenvalue weighted by molar-refractivity contribution is -0.133. The highest BCUT2D eigenvalue weighted by Crippen LogP contribution is 2.30. The van der Waals surface area contributed by atoms with Gasteiger partial charge in [-0.25, -0.2) is 0 Å². The Morgan fingerprint density at radius 2 is 1.92 bits per heavy atom. The molecule has 24 heavy (non-hydrogen) atoms. The second kappa shape index (κ2) is 6.83. The second-order valence-electron chi connectivity index (χ2n) is 7.14. The maximum atomic E-state index is 12.6. The van der Waals surface area contributed by atoms with Crippen molar-refractivity contribution in [3.63, 3.8) is 0 Å². The third kappa shape index (κ3) is 3.40. The maximum Gasteiger partial charge on any atom is 0.244 e. The average Bonchev–Trinajstić information content (AvgIpc) is 2.98. The lowest BCUT2D eigenvalue weighted by Crippen LogP contribution is -2.45. The maximum absolute atomic E-state index is 12.6. The normalized spacial score (nSPS) is 19.1. The first kappa shape index (κ1) is 16.8. The fraction of sp³-hybridized carbons (Fsp3) is 0.579. The van der Waals surface area contributed by atoms with Crippen molar-refractivity contribution in [1.29, 1.82) is 0 Å². The number of rotatable bonds is 3. The Balaban J connectivity index is 1.64. The van der Waals surface area contributed by atoms with Crippen LogP contribution in [0, 0.1) is 5.92 Å². The van der Waals surface area contributed by atoms with E-state index in [4.69, 9.17) is 0 Å². The number of piperidine rings is 1. The second-order valence-corrected chi connectivity index (χ2v) is 7.14. The number of likely N-dealkylation sites (tertiary alicyclic amines) is 1. The molecule has 1 aromatic carbocycles. The van der Waals surface area contributed by atoms with Gasteiger partial charge in [0, 0.05) is 37.9 Å². The van der Waals surface area contributed by atoms with Crippen molar-refractivity contribution in [1.82, 2.24) is 4.90 Å². The summed E-state index contributed by atoms with van der Waals surface area (Å²) in [4.78, 5) is 28.0. The molecule has 3 rings (SSSR count). The molecule has 0 aromatic heterocycles. The van der Waals surface area contributed by atoms with Crippen molar-refractivity contribution >= 4 is 23.2 Å². The van der Waals surface area contributed by atoms with Gasteiger partial charge in [-0.2, -0.15) is 0 Å². The lowest BCUT2D eigenvalue weighted by Gasteiger charge is -2.32. The minimum atomic E-state index is -0.234. The van der Waals surface area contributed by atoms with E-state index in [0.29, 0.717) is 0 Å². The summed E-state index contributed by atoms with van der Waals surface area (Å²) in [5.74, 6) is 0.975.